The van der Waals surface area contributed by atoms with Gasteiger partial charge < -0.3 is 19.9 Å². The van der Waals surface area contributed by atoms with Gasteiger partial charge >= 0.3 is 0 Å². The molecule has 3 N–H and O–H groups in total. The molecule has 27 heavy (non-hydrogen) atoms. The molecule has 5 nitrogen and oxygen atoms in total. The van der Waals surface area contributed by atoms with Gasteiger partial charge in [-0.05, 0) is 50.0 Å². The SMILES string of the molecule is O[C@H](C[C@H]1c2ccccc2-c2cncn21)C12CC3CC(O)(CC(O)(C3)C1)C2. The number of aliphatic hydroxyl groups is 3. The van der Waals surface area contributed by atoms with Crippen LogP contribution in [0.25, 0.3) is 11.3 Å². The van der Waals surface area contributed by atoms with E-state index in [1.165, 1.54) is 11.1 Å². The number of imidazole rings is 1. The number of fused-ring (bicyclic) bond motifs is 3. The summed E-state index contributed by atoms with van der Waals surface area (Å²) in [6.07, 6.45) is 7.98. The Labute approximate surface area is 158 Å². The Morgan fingerprint density at radius 1 is 1.07 bits per heavy atom. The maximum Gasteiger partial charge on any atom is 0.0956 e. The second-order valence-electron chi connectivity index (χ2n) is 9.86. The van der Waals surface area contributed by atoms with Gasteiger partial charge in [0, 0.05) is 17.4 Å². The lowest BCUT2D eigenvalue weighted by molar-refractivity contribution is -0.252. The summed E-state index contributed by atoms with van der Waals surface area (Å²) in [4.78, 5) is 4.32. The molecule has 142 valence electrons. The molecule has 5 aliphatic rings. The first-order valence-corrected chi connectivity index (χ1v) is 10.1. The molecule has 4 aliphatic carbocycles. The maximum atomic E-state index is 11.4. The molecule has 0 spiro atoms. The van der Waals surface area contributed by atoms with E-state index < -0.39 is 17.3 Å². The first-order valence-electron chi connectivity index (χ1n) is 10.1. The second-order valence-corrected chi connectivity index (χ2v) is 9.86. The van der Waals surface area contributed by atoms with Crippen LogP contribution in [0.1, 0.15) is 56.6 Å². The molecule has 1 aromatic heterocycles. The number of nitrogens with zero attached hydrogens (tertiary/aromatic N) is 2. The van der Waals surface area contributed by atoms with Crippen molar-refractivity contribution in [3.63, 3.8) is 0 Å². The molecule has 1 aliphatic heterocycles. The predicted octanol–water partition coefficient (Wildman–Crippen LogP) is 2.65. The van der Waals surface area contributed by atoms with Gasteiger partial charge in [-0.25, -0.2) is 4.98 Å². The fraction of sp³-hybridized carbons (Fsp3) is 0.591. The smallest absolute Gasteiger partial charge is 0.0956 e. The van der Waals surface area contributed by atoms with E-state index in [2.05, 4.69) is 21.7 Å². The number of aromatic nitrogens is 2. The van der Waals surface area contributed by atoms with Crippen molar-refractivity contribution in [3.05, 3.63) is 42.4 Å². The Kier molecular flexibility index (Phi) is 3.03. The van der Waals surface area contributed by atoms with Gasteiger partial charge in [0.2, 0.25) is 0 Å². The molecule has 4 bridgehead atoms. The van der Waals surface area contributed by atoms with E-state index in [9.17, 15) is 15.3 Å². The zero-order valence-corrected chi connectivity index (χ0v) is 15.4. The quantitative estimate of drug-likeness (QED) is 0.780. The zero-order valence-electron chi connectivity index (χ0n) is 15.4. The van der Waals surface area contributed by atoms with Crippen molar-refractivity contribution < 1.29 is 15.3 Å². The Morgan fingerprint density at radius 2 is 1.81 bits per heavy atom. The molecule has 2 aromatic rings. The standard InChI is InChI=1S/C22H26N2O3/c25-19(20-6-14-7-21(26,10-20)12-22(27,8-14)11-20)5-17-15-3-1-2-4-16(15)18-9-23-13-24(17)18/h1-4,9,13-14,17,19,25-27H,5-8,10-12H2/t14?,17-,19+,20?,21?,22?/m0/s1. The summed E-state index contributed by atoms with van der Waals surface area (Å²) in [7, 11) is 0. The van der Waals surface area contributed by atoms with E-state index in [1.807, 2.05) is 24.7 Å². The summed E-state index contributed by atoms with van der Waals surface area (Å²) < 4.78 is 2.16. The Bertz CT molecular complexity index is 904. The normalized spacial score (nSPS) is 42.2. The van der Waals surface area contributed by atoms with Crippen LogP contribution in [0.3, 0.4) is 0 Å². The lowest BCUT2D eigenvalue weighted by atomic mass is 9.44. The van der Waals surface area contributed by atoms with E-state index in [0.29, 0.717) is 31.6 Å². The highest BCUT2D eigenvalue weighted by Crippen LogP contribution is 2.65. The summed E-state index contributed by atoms with van der Waals surface area (Å²) in [5.41, 5.74) is 1.55. The maximum absolute atomic E-state index is 11.4. The van der Waals surface area contributed by atoms with Crippen molar-refractivity contribution in [2.24, 2.45) is 11.3 Å². The van der Waals surface area contributed by atoms with Gasteiger partial charge in [0.05, 0.1) is 41.6 Å². The van der Waals surface area contributed by atoms with Crippen molar-refractivity contribution >= 4 is 0 Å². The monoisotopic (exact) mass is 366 g/mol. The van der Waals surface area contributed by atoms with Gasteiger partial charge in [-0.15, -0.1) is 0 Å². The molecule has 2 heterocycles. The van der Waals surface area contributed by atoms with Gasteiger partial charge in [0.15, 0.2) is 0 Å². The summed E-state index contributed by atoms with van der Waals surface area (Å²) in [5, 5.41) is 33.5. The minimum Gasteiger partial charge on any atom is -0.392 e. The number of hydrogen-bond acceptors (Lipinski definition) is 4. The highest BCUT2D eigenvalue weighted by Gasteiger charge is 2.64. The van der Waals surface area contributed by atoms with Crippen molar-refractivity contribution in [2.45, 2.75) is 68.3 Å². The minimum atomic E-state index is -0.803. The minimum absolute atomic E-state index is 0.0611. The fourth-order valence-corrected chi connectivity index (χ4v) is 7.42. The van der Waals surface area contributed by atoms with Crippen LogP contribution >= 0.6 is 0 Å². The van der Waals surface area contributed by atoms with Crippen LogP contribution in [0, 0.1) is 11.3 Å². The van der Waals surface area contributed by atoms with Crippen LogP contribution in [0.15, 0.2) is 36.8 Å². The van der Waals surface area contributed by atoms with E-state index in [4.69, 9.17) is 0 Å². The highest BCUT2D eigenvalue weighted by atomic mass is 16.3. The van der Waals surface area contributed by atoms with Crippen LogP contribution in [0.2, 0.25) is 0 Å². The van der Waals surface area contributed by atoms with Gasteiger partial charge in [-0.3, -0.25) is 0 Å². The number of benzene rings is 1. The number of aliphatic hydroxyl groups excluding tert-OH is 1. The average molecular weight is 366 g/mol. The van der Waals surface area contributed by atoms with Crippen molar-refractivity contribution in [2.75, 3.05) is 0 Å². The molecule has 0 saturated heterocycles. The van der Waals surface area contributed by atoms with Crippen molar-refractivity contribution in [1.29, 1.82) is 0 Å². The van der Waals surface area contributed by atoms with Crippen LogP contribution in [-0.4, -0.2) is 42.2 Å². The Balaban J connectivity index is 1.35. The summed E-state index contributed by atoms with van der Waals surface area (Å²) in [6.45, 7) is 0. The largest absolute Gasteiger partial charge is 0.392 e. The average Bonchev–Trinajstić information content (AvgIpc) is 3.14. The Morgan fingerprint density at radius 3 is 2.56 bits per heavy atom. The highest BCUT2D eigenvalue weighted by molar-refractivity contribution is 5.68. The molecule has 7 rings (SSSR count). The van der Waals surface area contributed by atoms with E-state index in [1.54, 1.807) is 0 Å². The van der Waals surface area contributed by atoms with Crippen molar-refractivity contribution in [1.82, 2.24) is 9.55 Å². The molecule has 0 amide bonds. The van der Waals surface area contributed by atoms with Crippen LogP contribution < -0.4 is 0 Å². The zero-order chi connectivity index (χ0) is 18.4. The number of hydrogen-bond donors (Lipinski definition) is 3. The molecule has 2 unspecified atom stereocenters. The van der Waals surface area contributed by atoms with E-state index in [-0.39, 0.29) is 11.5 Å². The van der Waals surface area contributed by atoms with Gasteiger partial charge in [0.25, 0.3) is 0 Å². The topological polar surface area (TPSA) is 78.5 Å². The third-order valence-electron chi connectivity index (χ3n) is 7.80. The molecule has 4 atom stereocenters. The van der Waals surface area contributed by atoms with Crippen LogP contribution in [-0.2, 0) is 0 Å². The van der Waals surface area contributed by atoms with Gasteiger partial charge in [0.1, 0.15) is 0 Å². The van der Waals surface area contributed by atoms with E-state index in [0.717, 1.165) is 25.0 Å². The first-order chi connectivity index (χ1) is 12.9. The number of rotatable bonds is 3. The van der Waals surface area contributed by atoms with Gasteiger partial charge in [-0.2, -0.15) is 0 Å². The van der Waals surface area contributed by atoms with Crippen LogP contribution in [0.4, 0.5) is 0 Å². The fourth-order valence-electron chi connectivity index (χ4n) is 7.42. The third kappa shape index (κ3) is 2.19. The molecular formula is C22H26N2O3. The molecule has 0 radical (unpaired) electrons. The third-order valence-corrected chi connectivity index (χ3v) is 7.80. The molecule has 1 aromatic carbocycles. The summed E-state index contributed by atoms with van der Waals surface area (Å²) >= 11 is 0. The Hall–Kier alpha value is -1.69. The van der Waals surface area contributed by atoms with Gasteiger partial charge in [-0.1, -0.05) is 24.3 Å². The lowest BCUT2D eigenvalue weighted by Crippen LogP contribution is -2.65. The summed E-state index contributed by atoms with van der Waals surface area (Å²) in [6, 6.07) is 8.41. The lowest BCUT2D eigenvalue weighted by Gasteiger charge is -2.64. The molecule has 4 fully saturated rings. The predicted molar refractivity (Wildman–Crippen MR) is 100.0 cm³/mol. The van der Waals surface area contributed by atoms with E-state index >= 15 is 0 Å². The van der Waals surface area contributed by atoms with Crippen molar-refractivity contribution in [3.8, 4) is 11.3 Å². The molecular weight excluding hydrogens is 340 g/mol. The first kappa shape index (κ1) is 16.3. The molecule has 5 heteroatoms. The van der Waals surface area contributed by atoms with Crippen LogP contribution in [0.5, 0.6) is 0 Å². The second kappa shape index (κ2) is 5.02. The summed E-state index contributed by atoms with van der Waals surface area (Å²) in [5.74, 6) is 0.325. The molecule has 4 saturated carbocycles.